The molecule has 1 saturated carbocycles. The number of carbonyl (C=O) groups is 1. The van der Waals surface area contributed by atoms with Crippen LogP contribution in [0.2, 0.25) is 0 Å². The molecule has 0 bridgehead atoms. The number of amides is 1. The number of nitrogens with one attached hydrogen (secondary N) is 1. The summed E-state index contributed by atoms with van der Waals surface area (Å²) in [6, 6.07) is 4.31. The Labute approximate surface area is 125 Å². The quantitative estimate of drug-likeness (QED) is 0.921. The fourth-order valence-corrected chi connectivity index (χ4v) is 4.65. The molecule has 3 nitrogen and oxygen atoms in total. The summed E-state index contributed by atoms with van der Waals surface area (Å²) in [5, 5.41) is 3.39. The van der Waals surface area contributed by atoms with Crippen molar-refractivity contribution in [2.75, 3.05) is 13.1 Å². The van der Waals surface area contributed by atoms with Crippen LogP contribution in [0, 0.1) is 12.3 Å². The molecule has 0 radical (unpaired) electrons. The van der Waals surface area contributed by atoms with Crippen molar-refractivity contribution in [3.8, 4) is 0 Å². The highest BCUT2D eigenvalue weighted by Gasteiger charge is 2.40. The first kappa shape index (κ1) is 14.1. The number of hydrogen-bond acceptors (Lipinski definition) is 3. The van der Waals surface area contributed by atoms with E-state index in [4.69, 9.17) is 0 Å². The monoisotopic (exact) mass is 292 g/mol. The van der Waals surface area contributed by atoms with Gasteiger partial charge in [0.2, 0.25) is 5.91 Å². The average molecular weight is 292 g/mol. The second-order valence-electron chi connectivity index (χ2n) is 6.31. The molecule has 20 heavy (non-hydrogen) atoms. The van der Waals surface area contributed by atoms with Crippen molar-refractivity contribution < 1.29 is 4.79 Å². The Bertz CT molecular complexity index is 490. The smallest absolute Gasteiger partial charge is 0.238 e. The molecule has 1 aliphatic carbocycles. The van der Waals surface area contributed by atoms with Gasteiger partial charge in [-0.1, -0.05) is 19.8 Å². The lowest BCUT2D eigenvalue weighted by molar-refractivity contribution is -0.129. The summed E-state index contributed by atoms with van der Waals surface area (Å²) in [4.78, 5) is 17.0. The standard InChI is InChI=1S/C16H24N2OS/c1-3-16(8-4-5-9-16)11-18-14(19)10-17-15(18)13-7-6-12(2)20-13/h6-7,15,17H,3-5,8-11H2,1-2H3. The van der Waals surface area contributed by atoms with Crippen LogP contribution in [-0.4, -0.2) is 23.9 Å². The molecule has 2 aliphatic rings. The number of nitrogens with zero attached hydrogens (tertiary/aromatic N) is 1. The molecule has 1 atom stereocenters. The maximum Gasteiger partial charge on any atom is 0.238 e. The predicted octanol–water partition coefficient (Wildman–Crippen LogP) is 3.46. The van der Waals surface area contributed by atoms with Crippen LogP contribution in [0.1, 0.15) is 54.9 Å². The SMILES string of the molecule is CCC1(CN2C(=O)CNC2c2ccc(C)s2)CCCC1. The molecule has 0 aromatic carbocycles. The molecule has 1 amide bonds. The zero-order valence-corrected chi connectivity index (χ0v) is 13.3. The molecular weight excluding hydrogens is 268 g/mol. The van der Waals surface area contributed by atoms with Crippen LogP contribution >= 0.6 is 11.3 Å². The van der Waals surface area contributed by atoms with Gasteiger partial charge in [-0.3, -0.25) is 10.1 Å². The minimum absolute atomic E-state index is 0.102. The van der Waals surface area contributed by atoms with Crippen molar-refractivity contribution in [3.05, 3.63) is 21.9 Å². The Morgan fingerprint density at radius 3 is 2.75 bits per heavy atom. The Kier molecular flexibility index (Phi) is 3.87. The number of thiophene rings is 1. The molecule has 1 N–H and O–H groups in total. The van der Waals surface area contributed by atoms with Gasteiger partial charge in [-0.05, 0) is 43.7 Å². The first-order chi connectivity index (χ1) is 9.63. The van der Waals surface area contributed by atoms with Crippen molar-refractivity contribution in [3.63, 3.8) is 0 Å². The molecule has 1 aromatic heterocycles. The minimum Gasteiger partial charge on any atom is -0.320 e. The normalized spacial score (nSPS) is 25.6. The molecule has 2 heterocycles. The van der Waals surface area contributed by atoms with Gasteiger partial charge >= 0.3 is 0 Å². The maximum absolute atomic E-state index is 12.3. The van der Waals surface area contributed by atoms with E-state index in [-0.39, 0.29) is 12.1 Å². The lowest BCUT2D eigenvalue weighted by atomic mass is 9.83. The largest absolute Gasteiger partial charge is 0.320 e. The summed E-state index contributed by atoms with van der Waals surface area (Å²) in [5.74, 6) is 0.265. The molecule has 1 saturated heterocycles. The zero-order chi connectivity index (χ0) is 14.2. The van der Waals surface area contributed by atoms with E-state index >= 15 is 0 Å². The van der Waals surface area contributed by atoms with Gasteiger partial charge < -0.3 is 4.90 Å². The van der Waals surface area contributed by atoms with Crippen LogP contribution in [-0.2, 0) is 4.79 Å². The van der Waals surface area contributed by atoms with Gasteiger partial charge in [0.1, 0.15) is 6.17 Å². The second kappa shape index (κ2) is 5.49. The summed E-state index contributed by atoms with van der Waals surface area (Å²) in [5.41, 5.74) is 0.367. The molecule has 110 valence electrons. The third kappa shape index (κ3) is 2.51. The van der Waals surface area contributed by atoms with Crippen molar-refractivity contribution in [1.29, 1.82) is 0 Å². The Morgan fingerprint density at radius 1 is 1.40 bits per heavy atom. The lowest BCUT2D eigenvalue weighted by Gasteiger charge is -2.35. The van der Waals surface area contributed by atoms with Gasteiger partial charge in [0, 0.05) is 16.3 Å². The van der Waals surface area contributed by atoms with E-state index in [2.05, 4.69) is 36.2 Å². The lowest BCUT2D eigenvalue weighted by Crippen LogP contribution is -2.39. The molecule has 1 aliphatic heterocycles. The van der Waals surface area contributed by atoms with Gasteiger partial charge in [0.15, 0.2) is 0 Å². The van der Waals surface area contributed by atoms with Crippen LogP contribution in [0.4, 0.5) is 0 Å². The number of carbonyl (C=O) groups excluding carboxylic acids is 1. The van der Waals surface area contributed by atoms with E-state index in [0.29, 0.717) is 12.0 Å². The van der Waals surface area contributed by atoms with Gasteiger partial charge in [-0.25, -0.2) is 0 Å². The van der Waals surface area contributed by atoms with Crippen molar-refractivity contribution in [1.82, 2.24) is 10.2 Å². The van der Waals surface area contributed by atoms with Crippen molar-refractivity contribution in [2.24, 2.45) is 5.41 Å². The predicted molar refractivity (Wildman–Crippen MR) is 82.7 cm³/mol. The second-order valence-corrected chi connectivity index (χ2v) is 7.63. The molecule has 1 unspecified atom stereocenters. The van der Waals surface area contributed by atoms with Crippen LogP contribution < -0.4 is 5.32 Å². The van der Waals surface area contributed by atoms with Crippen molar-refractivity contribution in [2.45, 2.75) is 52.1 Å². The van der Waals surface area contributed by atoms with E-state index in [9.17, 15) is 4.79 Å². The summed E-state index contributed by atoms with van der Waals surface area (Å²) < 4.78 is 0. The highest BCUT2D eigenvalue weighted by atomic mass is 32.1. The Morgan fingerprint density at radius 2 is 2.15 bits per heavy atom. The number of rotatable bonds is 4. The van der Waals surface area contributed by atoms with E-state index in [1.54, 1.807) is 11.3 Å². The summed E-state index contributed by atoms with van der Waals surface area (Å²) >= 11 is 1.80. The minimum atomic E-state index is 0.102. The summed E-state index contributed by atoms with van der Waals surface area (Å²) in [6.45, 7) is 5.82. The number of aryl methyl sites for hydroxylation is 1. The van der Waals surface area contributed by atoms with E-state index in [0.717, 1.165) is 6.54 Å². The van der Waals surface area contributed by atoms with Gasteiger partial charge in [0.05, 0.1) is 6.54 Å². The van der Waals surface area contributed by atoms with Gasteiger partial charge in [-0.15, -0.1) is 11.3 Å². The molecule has 1 aromatic rings. The number of hydrogen-bond donors (Lipinski definition) is 1. The molecule has 0 spiro atoms. The summed E-state index contributed by atoms with van der Waals surface area (Å²) in [6.07, 6.45) is 6.50. The topological polar surface area (TPSA) is 32.3 Å². The van der Waals surface area contributed by atoms with Crippen molar-refractivity contribution >= 4 is 17.2 Å². The molecular formula is C16H24N2OS. The average Bonchev–Trinajstić information content (AvgIpc) is 3.14. The molecule has 2 fully saturated rings. The zero-order valence-electron chi connectivity index (χ0n) is 12.4. The van der Waals surface area contributed by atoms with Crippen LogP contribution in [0.15, 0.2) is 12.1 Å². The third-order valence-electron chi connectivity index (χ3n) is 5.03. The van der Waals surface area contributed by atoms with E-state index < -0.39 is 0 Å². The summed E-state index contributed by atoms with van der Waals surface area (Å²) in [7, 11) is 0. The van der Waals surface area contributed by atoms with Crippen LogP contribution in [0.25, 0.3) is 0 Å². The fourth-order valence-electron chi connectivity index (χ4n) is 3.68. The van der Waals surface area contributed by atoms with E-state index in [1.165, 1.54) is 41.9 Å². The highest BCUT2D eigenvalue weighted by molar-refractivity contribution is 7.12. The van der Waals surface area contributed by atoms with Gasteiger partial charge in [-0.2, -0.15) is 0 Å². The maximum atomic E-state index is 12.3. The first-order valence-electron chi connectivity index (χ1n) is 7.73. The highest BCUT2D eigenvalue weighted by Crippen LogP contribution is 2.43. The Hall–Kier alpha value is -0.870. The molecule has 4 heteroatoms. The van der Waals surface area contributed by atoms with E-state index in [1.807, 2.05) is 0 Å². The third-order valence-corrected chi connectivity index (χ3v) is 6.08. The van der Waals surface area contributed by atoms with Gasteiger partial charge in [0.25, 0.3) is 0 Å². The van der Waals surface area contributed by atoms with Crippen LogP contribution in [0.3, 0.4) is 0 Å². The molecule has 3 rings (SSSR count). The fraction of sp³-hybridized carbons (Fsp3) is 0.688. The Balaban J connectivity index is 1.80. The first-order valence-corrected chi connectivity index (χ1v) is 8.54. The van der Waals surface area contributed by atoms with Crippen LogP contribution in [0.5, 0.6) is 0 Å².